The van der Waals surface area contributed by atoms with Crippen LogP contribution in [0.4, 0.5) is 18.9 Å². The first kappa shape index (κ1) is 25.3. The first-order chi connectivity index (χ1) is 17.1. The smallest absolute Gasteiger partial charge is 0.387 e. The molecule has 1 amide bonds. The molecule has 0 bridgehead atoms. The molecule has 10 heteroatoms. The number of fused-ring (bicyclic) bond motifs is 2. The minimum atomic E-state index is -3.25. The molecule has 1 heterocycles. The molecule has 4 rings (SSSR count). The van der Waals surface area contributed by atoms with Crippen molar-refractivity contribution in [2.75, 3.05) is 11.5 Å². The van der Waals surface area contributed by atoms with Crippen LogP contribution in [0, 0.1) is 5.82 Å². The van der Waals surface area contributed by atoms with Crippen molar-refractivity contribution in [2.45, 2.75) is 46.1 Å². The van der Waals surface area contributed by atoms with Crippen LogP contribution < -0.4 is 14.4 Å². The zero-order chi connectivity index (χ0) is 26.1. The van der Waals surface area contributed by atoms with Gasteiger partial charge in [0.15, 0.2) is 6.23 Å². The van der Waals surface area contributed by atoms with Gasteiger partial charge in [0.25, 0.3) is 5.91 Å². The predicted octanol–water partition coefficient (Wildman–Crippen LogP) is 5.12. The minimum Gasteiger partial charge on any atom is -0.490 e. The Bertz CT molecular complexity index is 1330. The Kier molecular flexibility index (Phi) is 7.07. The van der Waals surface area contributed by atoms with Crippen molar-refractivity contribution in [1.82, 2.24) is 0 Å². The summed E-state index contributed by atoms with van der Waals surface area (Å²) >= 11 is 0. The van der Waals surface area contributed by atoms with E-state index in [0.717, 1.165) is 11.0 Å². The number of ether oxygens (including phenoxy) is 3. The fraction of sp³-hybridized carbons (Fsp3) is 0.308. The lowest BCUT2D eigenvalue weighted by atomic mass is 9.98. The van der Waals surface area contributed by atoms with Gasteiger partial charge in [0.2, 0.25) is 0 Å². The topological polar surface area (TPSA) is 85.3 Å². The van der Waals surface area contributed by atoms with Gasteiger partial charge in [-0.15, -0.1) is 0 Å². The van der Waals surface area contributed by atoms with Gasteiger partial charge in [-0.25, -0.2) is 4.39 Å². The van der Waals surface area contributed by atoms with Gasteiger partial charge >= 0.3 is 12.6 Å². The van der Waals surface area contributed by atoms with Crippen LogP contribution in [0.25, 0.3) is 10.8 Å². The number of carbonyl (C=O) groups is 2. The number of halogens is 3. The first-order valence-electron chi connectivity index (χ1n) is 11.3. The molecule has 0 aromatic heterocycles. The Hall–Kier alpha value is -3.79. The molecule has 190 valence electrons. The summed E-state index contributed by atoms with van der Waals surface area (Å²) in [5.74, 6) is -2.62. The van der Waals surface area contributed by atoms with Crippen LogP contribution in [0.3, 0.4) is 0 Å². The molecule has 0 aliphatic carbocycles. The van der Waals surface area contributed by atoms with E-state index in [1.54, 1.807) is 39.0 Å². The van der Waals surface area contributed by atoms with E-state index >= 15 is 4.39 Å². The summed E-state index contributed by atoms with van der Waals surface area (Å²) in [6.45, 7) is 2.02. The van der Waals surface area contributed by atoms with E-state index in [-0.39, 0.29) is 41.0 Å². The highest BCUT2D eigenvalue weighted by Crippen LogP contribution is 2.50. The molecule has 7 nitrogen and oxygen atoms in total. The molecule has 1 atom stereocenters. The highest BCUT2D eigenvalue weighted by Gasteiger charge is 2.44. The van der Waals surface area contributed by atoms with Crippen LogP contribution in [-0.2, 0) is 16.0 Å². The molecule has 1 aliphatic rings. The number of hydrogen-bond donors (Lipinski definition) is 1. The summed E-state index contributed by atoms with van der Waals surface area (Å²) in [6, 6.07) is 10.0. The van der Waals surface area contributed by atoms with Crippen molar-refractivity contribution in [1.29, 1.82) is 0 Å². The van der Waals surface area contributed by atoms with E-state index in [0.29, 0.717) is 10.9 Å². The van der Waals surface area contributed by atoms with Gasteiger partial charge in [0.1, 0.15) is 17.3 Å². The number of carbonyl (C=O) groups excluding carboxylic acids is 2. The van der Waals surface area contributed by atoms with Crippen molar-refractivity contribution in [3.05, 3.63) is 65.0 Å². The Labute approximate surface area is 205 Å². The van der Waals surface area contributed by atoms with E-state index in [1.807, 2.05) is 0 Å². The van der Waals surface area contributed by atoms with Crippen LogP contribution in [0.1, 0.15) is 48.5 Å². The summed E-state index contributed by atoms with van der Waals surface area (Å²) in [4.78, 5) is 26.1. The van der Waals surface area contributed by atoms with Crippen molar-refractivity contribution in [2.24, 2.45) is 0 Å². The molecule has 3 aromatic carbocycles. The highest BCUT2D eigenvalue weighted by atomic mass is 19.3. The highest BCUT2D eigenvalue weighted by molar-refractivity contribution is 6.17. The summed E-state index contributed by atoms with van der Waals surface area (Å²) < 4.78 is 57.5. The minimum absolute atomic E-state index is 0.0723. The summed E-state index contributed by atoms with van der Waals surface area (Å²) in [6.07, 6.45) is -2.44. The van der Waals surface area contributed by atoms with Gasteiger partial charge in [-0.1, -0.05) is 30.3 Å². The maximum absolute atomic E-state index is 15.2. The molecule has 0 spiro atoms. The lowest BCUT2D eigenvalue weighted by molar-refractivity contribution is -0.142. The first-order valence-corrected chi connectivity index (χ1v) is 11.3. The fourth-order valence-corrected chi connectivity index (χ4v) is 4.26. The van der Waals surface area contributed by atoms with Gasteiger partial charge in [-0.05, 0) is 38.5 Å². The molecule has 0 fully saturated rings. The molecular weight excluding hydrogens is 479 g/mol. The SMILES string of the molecule is CCOC(=O)Cc1ccc(N2C(=O)c3c(c(OC(F)F)c4ccccc4c3OC(C)C)C2O)c(F)c1. The third-order valence-electron chi connectivity index (χ3n) is 5.58. The average molecular weight is 503 g/mol. The zero-order valence-corrected chi connectivity index (χ0v) is 19.8. The lowest BCUT2D eigenvalue weighted by Gasteiger charge is -2.22. The number of anilines is 1. The number of rotatable bonds is 8. The molecule has 1 N–H and O–H groups in total. The number of amides is 1. The van der Waals surface area contributed by atoms with E-state index in [2.05, 4.69) is 0 Å². The van der Waals surface area contributed by atoms with Crippen LogP contribution in [0.5, 0.6) is 11.5 Å². The molecule has 1 aliphatic heterocycles. The molecule has 36 heavy (non-hydrogen) atoms. The number of hydrogen-bond acceptors (Lipinski definition) is 6. The Balaban J connectivity index is 1.87. The number of benzene rings is 3. The number of aliphatic hydroxyl groups is 1. The van der Waals surface area contributed by atoms with Crippen LogP contribution >= 0.6 is 0 Å². The Morgan fingerprint density at radius 3 is 2.33 bits per heavy atom. The monoisotopic (exact) mass is 503 g/mol. The van der Waals surface area contributed by atoms with Gasteiger partial charge in [0.05, 0.1) is 35.9 Å². The zero-order valence-electron chi connectivity index (χ0n) is 19.8. The van der Waals surface area contributed by atoms with Gasteiger partial charge in [0, 0.05) is 10.8 Å². The van der Waals surface area contributed by atoms with E-state index in [4.69, 9.17) is 14.2 Å². The van der Waals surface area contributed by atoms with Crippen molar-refractivity contribution >= 4 is 28.3 Å². The second kappa shape index (κ2) is 10.1. The largest absolute Gasteiger partial charge is 0.490 e. The van der Waals surface area contributed by atoms with Gasteiger partial charge < -0.3 is 19.3 Å². The standard InChI is InChI=1S/C26H24F3NO6/c1-4-34-19(31)12-14-9-10-18(17(27)11-14)30-24(32)20-21(25(30)33)23(36-26(28)29)16-8-6-5-7-15(16)22(20)35-13(2)3/h5-11,13,25-26,33H,4,12H2,1-3H3. The number of aliphatic hydroxyl groups excluding tert-OH is 1. The lowest BCUT2D eigenvalue weighted by Crippen LogP contribution is -2.28. The number of esters is 1. The second-order valence-electron chi connectivity index (χ2n) is 8.35. The molecule has 3 aromatic rings. The molecule has 1 unspecified atom stereocenters. The van der Waals surface area contributed by atoms with Crippen LogP contribution in [-0.4, -0.2) is 36.3 Å². The summed E-state index contributed by atoms with van der Waals surface area (Å²) in [7, 11) is 0. The quantitative estimate of drug-likeness (QED) is 0.430. The van der Waals surface area contributed by atoms with Crippen molar-refractivity contribution in [3.8, 4) is 11.5 Å². The maximum Gasteiger partial charge on any atom is 0.387 e. The average Bonchev–Trinajstić information content (AvgIpc) is 3.06. The van der Waals surface area contributed by atoms with E-state index < -0.39 is 42.4 Å². The number of nitrogens with zero attached hydrogens (tertiary/aromatic N) is 1. The summed E-state index contributed by atoms with van der Waals surface area (Å²) in [5, 5.41) is 11.7. The molecule has 0 saturated heterocycles. The summed E-state index contributed by atoms with van der Waals surface area (Å²) in [5.41, 5.74) is -0.450. The van der Waals surface area contributed by atoms with Crippen molar-refractivity contribution in [3.63, 3.8) is 0 Å². The molecular formula is C26H24F3NO6. The maximum atomic E-state index is 15.2. The molecule has 0 radical (unpaired) electrons. The van der Waals surface area contributed by atoms with Crippen LogP contribution in [0.15, 0.2) is 42.5 Å². The number of alkyl halides is 2. The van der Waals surface area contributed by atoms with Crippen LogP contribution in [0.2, 0.25) is 0 Å². The van der Waals surface area contributed by atoms with E-state index in [1.165, 1.54) is 18.2 Å². The normalized spacial score (nSPS) is 15.1. The second-order valence-corrected chi connectivity index (χ2v) is 8.35. The third-order valence-corrected chi connectivity index (χ3v) is 5.58. The Morgan fingerprint density at radius 1 is 1.08 bits per heavy atom. The molecule has 0 saturated carbocycles. The third kappa shape index (κ3) is 4.56. The van der Waals surface area contributed by atoms with Gasteiger partial charge in [-0.3, -0.25) is 14.5 Å². The van der Waals surface area contributed by atoms with Gasteiger partial charge in [-0.2, -0.15) is 8.78 Å². The van der Waals surface area contributed by atoms with Crippen molar-refractivity contribution < 1.29 is 42.1 Å². The predicted molar refractivity (Wildman–Crippen MR) is 125 cm³/mol. The fourth-order valence-electron chi connectivity index (χ4n) is 4.26. The Morgan fingerprint density at radius 2 is 1.75 bits per heavy atom. The van der Waals surface area contributed by atoms with E-state index in [9.17, 15) is 23.5 Å².